The highest BCUT2D eigenvalue weighted by molar-refractivity contribution is 7.99. The number of H-pyrrole nitrogens is 2. The Morgan fingerprint density at radius 1 is 0.897 bits per heavy atom. The van der Waals surface area contributed by atoms with Crippen molar-refractivity contribution >= 4 is 39.3 Å². The van der Waals surface area contributed by atoms with Gasteiger partial charge in [-0.2, -0.15) is 0 Å². The molecule has 0 aliphatic heterocycles. The van der Waals surface area contributed by atoms with Crippen molar-refractivity contribution in [3.8, 4) is 11.4 Å². The van der Waals surface area contributed by atoms with E-state index in [1.807, 2.05) is 66.9 Å². The lowest BCUT2D eigenvalue weighted by Crippen LogP contribution is -2.46. The van der Waals surface area contributed by atoms with Crippen LogP contribution in [0.4, 0.5) is 0 Å². The Balaban J connectivity index is 1.26. The van der Waals surface area contributed by atoms with E-state index in [-0.39, 0.29) is 5.91 Å². The molecular formula is C32H28N4O2S. The number of nitrogens with zero attached hydrogens (tertiary/aromatic N) is 1. The van der Waals surface area contributed by atoms with Gasteiger partial charge >= 0.3 is 0 Å². The lowest BCUT2D eigenvalue weighted by molar-refractivity contribution is 0.0858. The number of imidazole rings is 1. The van der Waals surface area contributed by atoms with Gasteiger partial charge in [0.15, 0.2) is 0 Å². The fourth-order valence-electron chi connectivity index (χ4n) is 4.93. The average Bonchev–Trinajstić information content (AvgIpc) is 3.68. The van der Waals surface area contributed by atoms with Crippen molar-refractivity contribution in [2.75, 3.05) is 5.75 Å². The number of benzene rings is 4. The molecule has 39 heavy (non-hydrogen) atoms. The normalized spacial score (nSPS) is 12.9. The minimum atomic E-state index is -0.816. The van der Waals surface area contributed by atoms with Crippen molar-refractivity contribution in [2.24, 2.45) is 0 Å². The summed E-state index contributed by atoms with van der Waals surface area (Å²) >= 11 is 1.63. The summed E-state index contributed by atoms with van der Waals surface area (Å²) in [6.07, 6.45) is 4.88. The molecule has 0 aliphatic rings. The van der Waals surface area contributed by atoms with Crippen LogP contribution < -0.4 is 5.32 Å². The van der Waals surface area contributed by atoms with Crippen molar-refractivity contribution in [1.82, 2.24) is 20.3 Å². The van der Waals surface area contributed by atoms with Gasteiger partial charge in [-0.05, 0) is 46.7 Å². The van der Waals surface area contributed by atoms with E-state index in [0.29, 0.717) is 17.7 Å². The van der Waals surface area contributed by atoms with Gasteiger partial charge in [0.05, 0.1) is 12.1 Å². The van der Waals surface area contributed by atoms with Gasteiger partial charge in [-0.15, -0.1) is 11.8 Å². The molecular weight excluding hydrogens is 504 g/mol. The van der Waals surface area contributed by atoms with Gasteiger partial charge in [-0.1, -0.05) is 60.7 Å². The minimum Gasteiger partial charge on any atom is -0.391 e. The van der Waals surface area contributed by atoms with Crippen LogP contribution in [0.15, 0.2) is 114 Å². The van der Waals surface area contributed by atoms with Crippen LogP contribution in [-0.2, 0) is 6.42 Å². The van der Waals surface area contributed by atoms with Crippen LogP contribution in [0.3, 0.4) is 0 Å². The molecule has 0 radical (unpaired) electrons. The number of aliphatic hydroxyl groups excluding tert-OH is 1. The van der Waals surface area contributed by atoms with Crippen LogP contribution in [0.2, 0.25) is 0 Å². The zero-order chi connectivity index (χ0) is 26.6. The zero-order valence-electron chi connectivity index (χ0n) is 21.2. The molecule has 2 heterocycles. The van der Waals surface area contributed by atoms with Crippen LogP contribution in [0.1, 0.15) is 15.9 Å². The minimum absolute atomic E-state index is 0.206. The lowest BCUT2D eigenvalue weighted by Gasteiger charge is -2.25. The number of hydrogen-bond donors (Lipinski definition) is 4. The predicted molar refractivity (Wildman–Crippen MR) is 158 cm³/mol. The number of aromatic nitrogens is 3. The number of hydrogen-bond acceptors (Lipinski definition) is 4. The van der Waals surface area contributed by atoms with Crippen molar-refractivity contribution in [1.29, 1.82) is 0 Å². The van der Waals surface area contributed by atoms with E-state index in [1.165, 1.54) is 5.39 Å². The maximum absolute atomic E-state index is 13.5. The van der Waals surface area contributed by atoms with E-state index < -0.39 is 12.1 Å². The molecule has 0 spiro atoms. The molecule has 6 aromatic rings. The summed E-state index contributed by atoms with van der Waals surface area (Å²) in [7, 11) is 0. The van der Waals surface area contributed by atoms with Gasteiger partial charge in [0.1, 0.15) is 5.82 Å². The summed E-state index contributed by atoms with van der Waals surface area (Å²) in [5, 5.41) is 17.9. The molecule has 194 valence electrons. The molecule has 6 nitrogen and oxygen atoms in total. The molecule has 4 N–H and O–H groups in total. The standard InChI is InChI=1S/C32H28N4O2S/c37-30(19-23-8-3-4-9-25(23)31-34-16-17-35-31)29(20-39-24-13-12-21-6-1-2-7-22(21)18-24)36-32(38)27-10-5-11-28-26(27)14-15-33-28/h1-18,29-30,33,37H,19-20H2,(H,34,35)(H,36,38)/t29-,30+/m0/s1. The number of thioether (sulfide) groups is 1. The van der Waals surface area contributed by atoms with Gasteiger partial charge < -0.3 is 20.4 Å². The highest BCUT2D eigenvalue weighted by atomic mass is 32.2. The largest absolute Gasteiger partial charge is 0.391 e. The van der Waals surface area contributed by atoms with Crippen LogP contribution in [0.5, 0.6) is 0 Å². The second-order valence-corrected chi connectivity index (χ2v) is 10.6. The fraction of sp³-hybridized carbons (Fsp3) is 0.125. The van der Waals surface area contributed by atoms with Crippen LogP contribution >= 0.6 is 11.8 Å². The number of carbonyl (C=O) groups is 1. The lowest BCUT2D eigenvalue weighted by atomic mass is 9.97. The number of fused-ring (bicyclic) bond motifs is 2. The molecule has 2 atom stereocenters. The monoisotopic (exact) mass is 532 g/mol. The predicted octanol–water partition coefficient (Wildman–Crippen LogP) is 6.21. The van der Waals surface area contributed by atoms with Gasteiger partial charge in [0.2, 0.25) is 0 Å². The zero-order valence-corrected chi connectivity index (χ0v) is 22.0. The molecule has 4 aromatic carbocycles. The summed E-state index contributed by atoms with van der Waals surface area (Å²) < 4.78 is 0. The van der Waals surface area contributed by atoms with Gasteiger partial charge in [-0.3, -0.25) is 4.79 Å². The summed E-state index contributed by atoms with van der Waals surface area (Å²) in [5.74, 6) is 1.06. The first kappa shape index (κ1) is 25.0. The van der Waals surface area contributed by atoms with Crippen molar-refractivity contribution in [2.45, 2.75) is 23.5 Å². The number of aromatic amines is 2. The molecule has 0 unspecified atom stereocenters. The Labute approximate surface area is 230 Å². The maximum atomic E-state index is 13.5. The maximum Gasteiger partial charge on any atom is 0.252 e. The fourth-order valence-corrected chi connectivity index (χ4v) is 5.98. The quantitative estimate of drug-likeness (QED) is 0.167. The number of carbonyl (C=O) groups excluding carboxylic acids is 1. The van der Waals surface area contributed by atoms with Crippen molar-refractivity contribution in [3.63, 3.8) is 0 Å². The van der Waals surface area contributed by atoms with Crippen molar-refractivity contribution < 1.29 is 9.90 Å². The molecule has 2 aromatic heterocycles. The van der Waals surface area contributed by atoms with Gasteiger partial charge in [-0.25, -0.2) is 4.98 Å². The third-order valence-corrected chi connectivity index (χ3v) is 8.08. The summed E-state index contributed by atoms with van der Waals surface area (Å²) in [6.45, 7) is 0. The topological polar surface area (TPSA) is 93.8 Å². The molecule has 1 amide bonds. The highest BCUT2D eigenvalue weighted by Crippen LogP contribution is 2.27. The number of amides is 1. The first-order chi connectivity index (χ1) is 19.2. The van der Waals surface area contributed by atoms with Gasteiger partial charge in [0.25, 0.3) is 5.91 Å². The number of aliphatic hydroxyl groups is 1. The Morgan fingerprint density at radius 3 is 2.62 bits per heavy atom. The smallest absolute Gasteiger partial charge is 0.252 e. The van der Waals surface area contributed by atoms with E-state index in [0.717, 1.165) is 38.1 Å². The van der Waals surface area contributed by atoms with Crippen LogP contribution in [0.25, 0.3) is 33.1 Å². The Kier molecular flexibility index (Phi) is 7.17. The molecule has 0 bridgehead atoms. The summed E-state index contributed by atoms with van der Waals surface area (Å²) in [6, 6.07) is 29.5. The highest BCUT2D eigenvalue weighted by Gasteiger charge is 2.25. The molecule has 0 saturated carbocycles. The van der Waals surface area contributed by atoms with Crippen LogP contribution in [0, 0.1) is 0 Å². The van der Waals surface area contributed by atoms with Crippen LogP contribution in [-0.4, -0.2) is 43.9 Å². The molecule has 0 saturated heterocycles. The summed E-state index contributed by atoms with van der Waals surface area (Å²) in [4.78, 5) is 25.3. The van der Waals surface area contributed by atoms with E-state index in [1.54, 1.807) is 24.2 Å². The van der Waals surface area contributed by atoms with Gasteiger partial charge in [0, 0.05) is 57.7 Å². The molecule has 0 aliphatic carbocycles. The molecule has 6 rings (SSSR count). The van der Waals surface area contributed by atoms with E-state index in [9.17, 15) is 9.90 Å². The second kappa shape index (κ2) is 11.2. The first-order valence-electron chi connectivity index (χ1n) is 12.9. The second-order valence-electron chi connectivity index (χ2n) is 9.51. The van der Waals surface area contributed by atoms with Crippen molar-refractivity contribution in [3.05, 3.63) is 121 Å². The molecule has 0 fully saturated rings. The average molecular weight is 533 g/mol. The number of rotatable bonds is 9. The number of nitrogens with one attached hydrogen (secondary N) is 3. The SMILES string of the molecule is O=C(N[C@@H](CSc1ccc2ccccc2c1)[C@H](O)Cc1ccccc1-c1ncc[nH]1)c1cccc2[nH]ccc12. The van der Waals surface area contributed by atoms with E-state index >= 15 is 0 Å². The summed E-state index contributed by atoms with van der Waals surface area (Å²) in [5.41, 5.74) is 3.38. The Hall–Kier alpha value is -4.33. The Morgan fingerprint density at radius 2 is 1.74 bits per heavy atom. The third kappa shape index (κ3) is 5.46. The van der Waals surface area contributed by atoms with E-state index in [4.69, 9.17) is 0 Å². The first-order valence-corrected chi connectivity index (χ1v) is 13.9. The third-order valence-electron chi connectivity index (χ3n) is 6.97. The Bertz CT molecular complexity index is 1730. The molecule has 7 heteroatoms. The van der Waals surface area contributed by atoms with E-state index in [2.05, 4.69) is 50.6 Å².